The van der Waals surface area contributed by atoms with E-state index in [-0.39, 0.29) is 0 Å². The van der Waals surface area contributed by atoms with E-state index in [4.69, 9.17) is 10.5 Å². The number of hydrogen-bond donors (Lipinski definition) is 1. The zero-order chi connectivity index (χ0) is 13.7. The first kappa shape index (κ1) is 14.5. The molecule has 1 aromatic carbocycles. The highest BCUT2D eigenvalue weighted by molar-refractivity contribution is 5.30. The normalized spacial score (nSPS) is 23.0. The van der Waals surface area contributed by atoms with E-state index >= 15 is 0 Å². The average Bonchev–Trinajstić information content (AvgIpc) is 2.65. The van der Waals surface area contributed by atoms with Crippen LogP contribution in [0.2, 0.25) is 0 Å². The van der Waals surface area contributed by atoms with Gasteiger partial charge < -0.3 is 10.5 Å². The number of ether oxygens (including phenoxy) is 1. The second-order valence-corrected chi connectivity index (χ2v) is 5.33. The van der Waals surface area contributed by atoms with E-state index in [2.05, 4.69) is 43.0 Å². The largest absolute Gasteiger partial charge is 0.377 e. The van der Waals surface area contributed by atoms with Crippen molar-refractivity contribution < 1.29 is 4.74 Å². The first-order valence-electron chi connectivity index (χ1n) is 7.39. The van der Waals surface area contributed by atoms with Crippen molar-refractivity contribution in [2.75, 3.05) is 26.2 Å². The van der Waals surface area contributed by atoms with Crippen molar-refractivity contribution in [1.82, 2.24) is 4.90 Å². The van der Waals surface area contributed by atoms with Gasteiger partial charge in [0.15, 0.2) is 0 Å². The molecule has 3 heteroatoms. The lowest BCUT2D eigenvalue weighted by atomic mass is 9.97. The summed E-state index contributed by atoms with van der Waals surface area (Å²) in [7, 11) is 0. The van der Waals surface area contributed by atoms with Gasteiger partial charge in [0.2, 0.25) is 0 Å². The van der Waals surface area contributed by atoms with Crippen molar-refractivity contribution in [1.29, 1.82) is 0 Å². The van der Waals surface area contributed by atoms with Crippen molar-refractivity contribution in [2.45, 2.75) is 38.8 Å². The van der Waals surface area contributed by atoms with Gasteiger partial charge in [-0.05, 0) is 30.9 Å². The van der Waals surface area contributed by atoms with Crippen LogP contribution < -0.4 is 5.73 Å². The number of hydrogen-bond acceptors (Lipinski definition) is 3. The van der Waals surface area contributed by atoms with Gasteiger partial charge in [0.05, 0.1) is 6.10 Å². The average molecular weight is 262 g/mol. The molecule has 1 aliphatic heterocycles. The summed E-state index contributed by atoms with van der Waals surface area (Å²) in [6.07, 6.45) is 2.45. The molecule has 0 aliphatic carbocycles. The predicted octanol–water partition coefficient (Wildman–Crippen LogP) is 2.36. The molecule has 1 fully saturated rings. The van der Waals surface area contributed by atoms with Crippen LogP contribution in [0.3, 0.4) is 0 Å². The molecule has 0 aromatic heterocycles. The molecule has 0 spiro atoms. The van der Waals surface area contributed by atoms with Gasteiger partial charge in [-0.3, -0.25) is 4.90 Å². The molecule has 1 saturated heterocycles. The van der Waals surface area contributed by atoms with Gasteiger partial charge in [-0.1, -0.05) is 31.2 Å². The van der Waals surface area contributed by atoms with Gasteiger partial charge >= 0.3 is 0 Å². The molecule has 2 atom stereocenters. The Morgan fingerprint density at radius 2 is 2.21 bits per heavy atom. The molecule has 1 aliphatic rings. The Balaban J connectivity index is 2.22. The number of nitrogens with two attached hydrogens (primary N) is 1. The van der Waals surface area contributed by atoms with Gasteiger partial charge in [0.25, 0.3) is 0 Å². The lowest BCUT2D eigenvalue weighted by Gasteiger charge is -2.32. The maximum absolute atomic E-state index is 6.07. The Morgan fingerprint density at radius 3 is 2.95 bits per heavy atom. The molecule has 0 amide bonds. The quantitative estimate of drug-likeness (QED) is 0.905. The number of benzene rings is 1. The summed E-state index contributed by atoms with van der Waals surface area (Å²) in [5, 5.41) is 0. The number of nitrogens with zero attached hydrogens (tertiary/aromatic N) is 1. The highest BCUT2D eigenvalue weighted by atomic mass is 16.5. The summed E-state index contributed by atoms with van der Waals surface area (Å²) in [4.78, 5) is 2.49. The Morgan fingerprint density at radius 1 is 1.42 bits per heavy atom. The van der Waals surface area contributed by atoms with Crippen LogP contribution >= 0.6 is 0 Å². The molecule has 0 saturated carbocycles. The second-order valence-electron chi connectivity index (χ2n) is 5.33. The number of aryl methyl sites for hydroxylation is 1. The zero-order valence-corrected chi connectivity index (χ0v) is 12.1. The minimum atomic E-state index is 0.297. The molecule has 19 heavy (non-hydrogen) atoms. The summed E-state index contributed by atoms with van der Waals surface area (Å²) >= 11 is 0. The molecule has 0 radical (unpaired) electrons. The van der Waals surface area contributed by atoms with E-state index in [0.29, 0.717) is 18.7 Å². The van der Waals surface area contributed by atoms with Crippen molar-refractivity contribution in [2.24, 2.45) is 5.73 Å². The third kappa shape index (κ3) is 3.56. The first-order chi connectivity index (χ1) is 9.26. The lowest BCUT2D eigenvalue weighted by Crippen LogP contribution is -2.38. The van der Waals surface area contributed by atoms with Gasteiger partial charge in [-0.2, -0.15) is 0 Å². The Kier molecular flexibility index (Phi) is 5.37. The Bertz CT molecular complexity index is 394. The Hall–Kier alpha value is -0.900. The number of rotatable bonds is 4. The van der Waals surface area contributed by atoms with E-state index < -0.39 is 0 Å². The standard InChI is InChI=1S/C16H26N2O/c1-3-14-7-4-5-8-15(14)16(11-17)18-9-6-10-19-13(2)12-18/h4-5,7-8,13,16H,3,6,9-12,17H2,1-2H3. The van der Waals surface area contributed by atoms with Gasteiger partial charge in [0.1, 0.15) is 0 Å². The fraction of sp³-hybridized carbons (Fsp3) is 0.625. The third-order valence-corrected chi connectivity index (χ3v) is 3.94. The first-order valence-corrected chi connectivity index (χ1v) is 7.39. The van der Waals surface area contributed by atoms with Gasteiger partial charge in [0, 0.05) is 32.3 Å². The minimum Gasteiger partial charge on any atom is -0.377 e. The van der Waals surface area contributed by atoms with E-state index in [1.54, 1.807) is 0 Å². The molecule has 2 N–H and O–H groups in total. The molecule has 1 aromatic rings. The minimum absolute atomic E-state index is 0.297. The molecule has 2 unspecified atom stereocenters. The van der Waals surface area contributed by atoms with E-state index in [1.807, 2.05) is 0 Å². The van der Waals surface area contributed by atoms with Crippen LogP contribution in [-0.2, 0) is 11.2 Å². The highest BCUT2D eigenvalue weighted by Gasteiger charge is 2.24. The monoisotopic (exact) mass is 262 g/mol. The predicted molar refractivity (Wildman–Crippen MR) is 79.2 cm³/mol. The van der Waals surface area contributed by atoms with Crippen molar-refractivity contribution in [3.05, 3.63) is 35.4 Å². The van der Waals surface area contributed by atoms with Crippen LogP contribution in [0, 0.1) is 0 Å². The van der Waals surface area contributed by atoms with Crippen LogP contribution in [0.25, 0.3) is 0 Å². The fourth-order valence-corrected chi connectivity index (χ4v) is 2.96. The van der Waals surface area contributed by atoms with Crippen molar-refractivity contribution >= 4 is 0 Å². The maximum Gasteiger partial charge on any atom is 0.0674 e. The van der Waals surface area contributed by atoms with Crippen LogP contribution in [0.1, 0.15) is 37.4 Å². The topological polar surface area (TPSA) is 38.5 Å². The lowest BCUT2D eigenvalue weighted by molar-refractivity contribution is 0.0611. The summed E-state index contributed by atoms with van der Waals surface area (Å²) in [5.74, 6) is 0. The van der Waals surface area contributed by atoms with Crippen molar-refractivity contribution in [3.8, 4) is 0 Å². The summed E-state index contributed by atoms with van der Waals surface area (Å²) in [5.41, 5.74) is 8.88. The Labute approximate surface area is 116 Å². The smallest absolute Gasteiger partial charge is 0.0674 e. The molecule has 1 heterocycles. The highest BCUT2D eigenvalue weighted by Crippen LogP contribution is 2.25. The van der Waals surface area contributed by atoms with Crippen LogP contribution in [-0.4, -0.2) is 37.2 Å². The summed E-state index contributed by atoms with van der Waals surface area (Å²) in [6, 6.07) is 9.00. The third-order valence-electron chi connectivity index (χ3n) is 3.94. The van der Waals surface area contributed by atoms with Gasteiger partial charge in [-0.25, -0.2) is 0 Å². The second kappa shape index (κ2) is 7.04. The van der Waals surface area contributed by atoms with Crippen LogP contribution in [0.15, 0.2) is 24.3 Å². The van der Waals surface area contributed by atoms with Crippen LogP contribution in [0.5, 0.6) is 0 Å². The van der Waals surface area contributed by atoms with Crippen molar-refractivity contribution in [3.63, 3.8) is 0 Å². The van der Waals surface area contributed by atoms with E-state index in [9.17, 15) is 0 Å². The van der Waals surface area contributed by atoms with E-state index in [1.165, 1.54) is 11.1 Å². The molecule has 2 rings (SSSR count). The summed E-state index contributed by atoms with van der Waals surface area (Å²) in [6.45, 7) is 7.94. The molecular formula is C16H26N2O. The fourth-order valence-electron chi connectivity index (χ4n) is 2.96. The maximum atomic E-state index is 6.07. The zero-order valence-electron chi connectivity index (χ0n) is 12.1. The van der Waals surface area contributed by atoms with E-state index in [0.717, 1.165) is 32.5 Å². The molecule has 106 valence electrons. The van der Waals surface area contributed by atoms with Gasteiger partial charge in [-0.15, -0.1) is 0 Å². The molecule has 0 bridgehead atoms. The van der Waals surface area contributed by atoms with Crippen LogP contribution in [0.4, 0.5) is 0 Å². The molecular weight excluding hydrogens is 236 g/mol. The molecule has 3 nitrogen and oxygen atoms in total. The SMILES string of the molecule is CCc1ccccc1C(CN)N1CCCOC(C)C1. The summed E-state index contributed by atoms with van der Waals surface area (Å²) < 4.78 is 5.74.